The first kappa shape index (κ1) is 7.90. The molecule has 1 aliphatic heterocycles. The number of hydrogen-bond donors (Lipinski definition) is 0. The molecule has 0 amide bonds. The second kappa shape index (κ2) is 3.27. The topological polar surface area (TPSA) is 65.3 Å². The minimum Gasteiger partial charge on any atom is -0.240 e. The zero-order chi connectivity index (χ0) is 8.27. The highest BCUT2D eigenvalue weighted by atomic mass is 16.3. The first-order chi connectivity index (χ1) is 5.27. The normalized spacial score (nSPS) is 25.0. The highest BCUT2D eigenvalue weighted by molar-refractivity contribution is 4.70. The Morgan fingerprint density at radius 3 is 2.64 bits per heavy atom. The molecule has 0 aromatic heterocycles. The van der Waals surface area contributed by atoms with Gasteiger partial charge in [0.15, 0.2) is 0 Å². The van der Waals surface area contributed by atoms with Crippen LogP contribution in [0, 0.1) is 9.81 Å². The van der Waals surface area contributed by atoms with E-state index >= 15 is 0 Å². The van der Waals surface area contributed by atoms with Crippen molar-refractivity contribution < 1.29 is 0 Å². The van der Waals surface area contributed by atoms with Crippen molar-refractivity contribution in [2.45, 2.75) is 19.4 Å². The van der Waals surface area contributed by atoms with Gasteiger partial charge in [0.25, 0.3) is 0 Å². The molecular weight excluding hydrogens is 148 g/mol. The van der Waals surface area contributed by atoms with Crippen molar-refractivity contribution in [1.29, 1.82) is 0 Å². The van der Waals surface area contributed by atoms with Crippen molar-refractivity contribution >= 4 is 0 Å². The fraction of sp³-hybridized carbons (Fsp3) is 1.00. The number of hydrogen-bond acceptors (Lipinski definition) is 4. The molecule has 0 spiro atoms. The molecule has 0 aliphatic carbocycles. The maximum absolute atomic E-state index is 10.1. The van der Waals surface area contributed by atoms with Crippen LogP contribution in [0.15, 0.2) is 10.6 Å². The average molecular weight is 158 g/mol. The summed E-state index contributed by atoms with van der Waals surface area (Å²) in [5.74, 6) is 0. The summed E-state index contributed by atoms with van der Waals surface area (Å²) >= 11 is 0. The van der Waals surface area contributed by atoms with Gasteiger partial charge in [-0.2, -0.15) is 0 Å². The Balaban J connectivity index is 2.50. The van der Waals surface area contributed by atoms with Crippen LogP contribution >= 0.6 is 0 Å². The zero-order valence-corrected chi connectivity index (χ0v) is 6.30. The molecule has 1 atom stereocenters. The van der Waals surface area contributed by atoms with E-state index in [9.17, 15) is 9.81 Å². The van der Waals surface area contributed by atoms with Gasteiger partial charge < -0.3 is 0 Å². The summed E-state index contributed by atoms with van der Waals surface area (Å²) in [5, 5.41) is 8.08. The molecule has 1 heterocycles. The van der Waals surface area contributed by atoms with Crippen molar-refractivity contribution in [1.82, 2.24) is 10.0 Å². The van der Waals surface area contributed by atoms with Crippen LogP contribution in [0.25, 0.3) is 0 Å². The lowest BCUT2D eigenvalue weighted by atomic mass is 10.2. The van der Waals surface area contributed by atoms with Gasteiger partial charge >= 0.3 is 0 Å². The van der Waals surface area contributed by atoms with E-state index in [1.165, 1.54) is 10.0 Å². The van der Waals surface area contributed by atoms with Crippen molar-refractivity contribution in [3.8, 4) is 0 Å². The summed E-state index contributed by atoms with van der Waals surface area (Å²) in [5.41, 5.74) is 0. The number of nitroso groups, excluding NO2 is 2. The summed E-state index contributed by atoms with van der Waals surface area (Å²) in [6.45, 7) is 2.72. The van der Waals surface area contributed by atoms with Gasteiger partial charge in [0.05, 0.1) is 16.6 Å². The van der Waals surface area contributed by atoms with E-state index in [0.29, 0.717) is 6.54 Å². The Bertz CT molecular complexity index is 163. The number of nitrogens with zero attached hydrogens (tertiary/aromatic N) is 4. The third-order valence-electron chi connectivity index (χ3n) is 1.84. The lowest BCUT2D eigenvalue weighted by Crippen LogP contribution is -2.44. The van der Waals surface area contributed by atoms with Gasteiger partial charge in [-0.05, 0) is 13.3 Å². The van der Waals surface area contributed by atoms with Gasteiger partial charge in [-0.25, -0.2) is 10.0 Å². The molecule has 0 aromatic rings. The van der Waals surface area contributed by atoms with E-state index in [4.69, 9.17) is 0 Å². The Hall–Kier alpha value is -1.20. The van der Waals surface area contributed by atoms with Crippen LogP contribution in [0.5, 0.6) is 0 Å². The van der Waals surface area contributed by atoms with E-state index in [0.717, 1.165) is 6.42 Å². The maximum atomic E-state index is 10.1. The molecule has 1 saturated heterocycles. The quantitative estimate of drug-likeness (QED) is 0.555. The third-order valence-corrected chi connectivity index (χ3v) is 1.84. The van der Waals surface area contributed by atoms with E-state index in [2.05, 4.69) is 10.6 Å². The van der Waals surface area contributed by atoms with Crippen LogP contribution in [-0.2, 0) is 0 Å². The maximum Gasteiger partial charge on any atom is 0.130 e. The van der Waals surface area contributed by atoms with Gasteiger partial charge in [0.2, 0.25) is 0 Å². The molecule has 0 aromatic carbocycles. The van der Waals surface area contributed by atoms with Crippen molar-refractivity contribution in [3.05, 3.63) is 9.81 Å². The van der Waals surface area contributed by atoms with E-state index in [1.54, 1.807) is 0 Å². The molecule has 62 valence electrons. The van der Waals surface area contributed by atoms with Crippen LogP contribution in [-0.4, -0.2) is 29.3 Å². The summed E-state index contributed by atoms with van der Waals surface area (Å²) in [4.78, 5) is 20.2. The van der Waals surface area contributed by atoms with Crippen molar-refractivity contribution in [3.63, 3.8) is 0 Å². The molecule has 0 N–H and O–H groups in total. The predicted molar refractivity (Wildman–Crippen MR) is 39.1 cm³/mol. The van der Waals surface area contributed by atoms with E-state index < -0.39 is 0 Å². The molecule has 11 heavy (non-hydrogen) atoms. The molecule has 6 nitrogen and oxygen atoms in total. The smallest absolute Gasteiger partial charge is 0.130 e. The lowest BCUT2D eigenvalue weighted by Gasteiger charge is -2.32. The first-order valence-corrected chi connectivity index (χ1v) is 3.46. The van der Waals surface area contributed by atoms with Gasteiger partial charge in [-0.15, -0.1) is 9.81 Å². The molecule has 1 aliphatic rings. The third kappa shape index (κ3) is 1.63. The van der Waals surface area contributed by atoms with Gasteiger partial charge in [-0.3, -0.25) is 0 Å². The van der Waals surface area contributed by atoms with E-state index in [-0.39, 0.29) is 12.7 Å². The van der Waals surface area contributed by atoms with Crippen LogP contribution in [0.4, 0.5) is 0 Å². The zero-order valence-electron chi connectivity index (χ0n) is 6.30. The minimum atomic E-state index is 0.116. The largest absolute Gasteiger partial charge is 0.240 e. The minimum absolute atomic E-state index is 0.116. The molecule has 1 rings (SSSR count). The fourth-order valence-electron chi connectivity index (χ4n) is 1.04. The first-order valence-electron chi connectivity index (χ1n) is 3.46. The van der Waals surface area contributed by atoms with Crippen LogP contribution in [0.1, 0.15) is 13.3 Å². The highest BCUT2D eigenvalue weighted by Crippen LogP contribution is 2.12. The van der Waals surface area contributed by atoms with Gasteiger partial charge in [0.1, 0.15) is 6.67 Å². The van der Waals surface area contributed by atoms with E-state index in [1.807, 2.05) is 6.92 Å². The number of rotatable bonds is 2. The van der Waals surface area contributed by atoms with Crippen LogP contribution < -0.4 is 0 Å². The van der Waals surface area contributed by atoms with Crippen molar-refractivity contribution in [2.75, 3.05) is 13.2 Å². The molecule has 6 heteroatoms. The molecule has 0 saturated carbocycles. The lowest BCUT2D eigenvalue weighted by molar-refractivity contribution is 0.0476. The average Bonchev–Trinajstić information content (AvgIpc) is 2.05. The second-order valence-electron chi connectivity index (χ2n) is 2.61. The Labute approximate surface area is 64.0 Å². The summed E-state index contributed by atoms with van der Waals surface area (Å²) < 4.78 is 0. The summed E-state index contributed by atoms with van der Waals surface area (Å²) in [6.07, 6.45) is 0.748. The van der Waals surface area contributed by atoms with Crippen molar-refractivity contribution in [2.24, 2.45) is 10.6 Å². The standard InChI is InChI=1S/C5H10N4O2/c1-5-2-3-8(6-10)4-9(5)7-11/h5H,2-4H2,1H3. The van der Waals surface area contributed by atoms with Crippen LogP contribution in [0.3, 0.4) is 0 Å². The predicted octanol–water partition coefficient (Wildman–Crippen LogP) is 0.703. The summed E-state index contributed by atoms with van der Waals surface area (Å²) in [7, 11) is 0. The second-order valence-corrected chi connectivity index (χ2v) is 2.61. The molecule has 1 fully saturated rings. The Morgan fingerprint density at radius 1 is 1.36 bits per heavy atom. The summed E-state index contributed by atoms with van der Waals surface area (Å²) in [6, 6.07) is 0.116. The van der Waals surface area contributed by atoms with Gasteiger partial charge in [-0.1, -0.05) is 0 Å². The van der Waals surface area contributed by atoms with Crippen LogP contribution in [0.2, 0.25) is 0 Å². The highest BCUT2D eigenvalue weighted by Gasteiger charge is 2.22. The monoisotopic (exact) mass is 158 g/mol. The molecule has 0 radical (unpaired) electrons. The Kier molecular flexibility index (Phi) is 2.35. The molecule has 1 unspecified atom stereocenters. The molecule has 0 bridgehead atoms. The molecular formula is C5H10N4O2. The fourth-order valence-corrected chi connectivity index (χ4v) is 1.04. The Morgan fingerprint density at radius 2 is 2.09 bits per heavy atom. The SMILES string of the molecule is CC1CCN(N=O)CN1N=O. The van der Waals surface area contributed by atoms with Gasteiger partial charge in [0, 0.05) is 6.54 Å².